The zero-order valence-corrected chi connectivity index (χ0v) is 16.0. The molecule has 1 heterocycles. The third-order valence-electron chi connectivity index (χ3n) is 4.36. The number of ketones is 1. The first kappa shape index (κ1) is 19.4. The van der Waals surface area contributed by atoms with Crippen molar-refractivity contribution in [1.29, 1.82) is 0 Å². The number of fused-ring (bicyclic) bond motifs is 1. The number of amides is 1. The molecule has 0 fully saturated rings. The van der Waals surface area contributed by atoms with Gasteiger partial charge in [0.15, 0.2) is 6.10 Å². The van der Waals surface area contributed by atoms with E-state index in [9.17, 15) is 14.4 Å². The maximum Gasteiger partial charge on any atom is 0.355 e. The van der Waals surface area contributed by atoms with E-state index in [2.05, 4.69) is 10.3 Å². The van der Waals surface area contributed by atoms with Crippen molar-refractivity contribution in [3.8, 4) is 0 Å². The Hall–Kier alpha value is -3.41. The molecule has 3 rings (SSSR count). The standard InChI is InChI=1S/C22H22N2O4/c1-13(2)21(26)23-17-10-8-15(9-11-17)20(25)14(3)28-22(27)19-12-16-6-4-5-7-18(16)24-19/h4-14,24H,1-3H3,(H,23,26)/t14-/m0/s1. The Labute approximate surface area is 162 Å². The van der Waals surface area contributed by atoms with Gasteiger partial charge in [-0.15, -0.1) is 0 Å². The summed E-state index contributed by atoms with van der Waals surface area (Å²) in [6.45, 7) is 5.14. The van der Waals surface area contributed by atoms with E-state index in [1.54, 1.807) is 44.2 Å². The smallest absolute Gasteiger partial charge is 0.355 e. The van der Waals surface area contributed by atoms with Gasteiger partial charge in [0.05, 0.1) is 0 Å². The molecule has 2 aromatic carbocycles. The van der Waals surface area contributed by atoms with Gasteiger partial charge in [0, 0.05) is 28.1 Å². The Morgan fingerprint density at radius 2 is 1.64 bits per heavy atom. The largest absolute Gasteiger partial charge is 0.450 e. The number of Topliss-reactive ketones (excluding diaryl/α,β-unsaturated/α-hetero) is 1. The number of H-pyrrole nitrogens is 1. The summed E-state index contributed by atoms with van der Waals surface area (Å²) in [7, 11) is 0. The fraction of sp³-hybridized carbons (Fsp3) is 0.227. The van der Waals surface area contributed by atoms with Gasteiger partial charge in [-0.2, -0.15) is 0 Å². The van der Waals surface area contributed by atoms with Crippen LogP contribution in [0.25, 0.3) is 10.9 Å². The normalized spacial score (nSPS) is 12.0. The van der Waals surface area contributed by atoms with Gasteiger partial charge in [0.1, 0.15) is 5.69 Å². The number of aromatic nitrogens is 1. The third-order valence-corrected chi connectivity index (χ3v) is 4.36. The topological polar surface area (TPSA) is 88.3 Å². The van der Waals surface area contributed by atoms with E-state index in [0.717, 1.165) is 10.9 Å². The predicted octanol–water partition coefficient (Wildman–Crippen LogP) is 4.19. The van der Waals surface area contributed by atoms with Crippen molar-refractivity contribution in [2.75, 3.05) is 5.32 Å². The van der Waals surface area contributed by atoms with Crippen LogP contribution >= 0.6 is 0 Å². The number of hydrogen-bond donors (Lipinski definition) is 2. The Bertz CT molecular complexity index is 985. The number of hydrogen-bond acceptors (Lipinski definition) is 4. The summed E-state index contributed by atoms with van der Waals surface area (Å²) in [5, 5.41) is 3.66. The second-order valence-corrected chi connectivity index (χ2v) is 6.90. The van der Waals surface area contributed by atoms with Gasteiger partial charge in [0.2, 0.25) is 11.7 Å². The van der Waals surface area contributed by atoms with Crippen LogP contribution in [-0.2, 0) is 9.53 Å². The Balaban J connectivity index is 1.65. The van der Waals surface area contributed by atoms with Gasteiger partial charge in [-0.3, -0.25) is 9.59 Å². The molecule has 0 radical (unpaired) electrons. The van der Waals surface area contributed by atoms with Gasteiger partial charge in [-0.25, -0.2) is 4.79 Å². The molecule has 0 unspecified atom stereocenters. The second kappa shape index (κ2) is 8.08. The predicted molar refractivity (Wildman–Crippen MR) is 107 cm³/mol. The lowest BCUT2D eigenvalue weighted by Gasteiger charge is -2.12. The molecule has 1 atom stereocenters. The first-order chi connectivity index (χ1) is 13.3. The summed E-state index contributed by atoms with van der Waals surface area (Å²) in [4.78, 5) is 39.6. The molecule has 6 nitrogen and oxygen atoms in total. The Morgan fingerprint density at radius 3 is 2.29 bits per heavy atom. The number of aromatic amines is 1. The maximum absolute atomic E-state index is 12.6. The number of anilines is 1. The summed E-state index contributed by atoms with van der Waals surface area (Å²) in [6, 6.07) is 15.7. The van der Waals surface area contributed by atoms with Crippen LogP contribution in [0.15, 0.2) is 54.6 Å². The molecule has 144 valence electrons. The molecule has 6 heteroatoms. The average molecular weight is 378 g/mol. The summed E-state index contributed by atoms with van der Waals surface area (Å²) >= 11 is 0. The number of carbonyl (C=O) groups excluding carboxylic acids is 3. The molecule has 3 aromatic rings. The molecule has 0 bridgehead atoms. The van der Waals surface area contributed by atoms with Gasteiger partial charge >= 0.3 is 5.97 Å². The molecule has 0 saturated heterocycles. The zero-order valence-electron chi connectivity index (χ0n) is 16.0. The lowest BCUT2D eigenvalue weighted by molar-refractivity contribution is -0.118. The molecular formula is C22H22N2O4. The number of carbonyl (C=O) groups is 3. The minimum absolute atomic E-state index is 0.0975. The molecule has 0 aliphatic carbocycles. The maximum atomic E-state index is 12.6. The monoisotopic (exact) mass is 378 g/mol. The van der Waals surface area contributed by atoms with E-state index >= 15 is 0 Å². The minimum atomic E-state index is -0.935. The molecule has 1 amide bonds. The summed E-state index contributed by atoms with van der Waals surface area (Å²) in [6.07, 6.45) is -0.935. The lowest BCUT2D eigenvalue weighted by atomic mass is 10.1. The number of ether oxygens (including phenoxy) is 1. The highest BCUT2D eigenvalue weighted by Crippen LogP contribution is 2.17. The Kier molecular flexibility index (Phi) is 5.59. The minimum Gasteiger partial charge on any atom is -0.450 e. The van der Waals surface area contributed by atoms with Crippen molar-refractivity contribution in [2.45, 2.75) is 26.9 Å². The molecular weight excluding hydrogens is 356 g/mol. The molecule has 1 aromatic heterocycles. The van der Waals surface area contributed by atoms with Gasteiger partial charge < -0.3 is 15.0 Å². The highest BCUT2D eigenvalue weighted by atomic mass is 16.5. The van der Waals surface area contributed by atoms with Crippen molar-refractivity contribution in [3.63, 3.8) is 0 Å². The van der Waals surface area contributed by atoms with E-state index in [0.29, 0.717) is 16.9 Å². The summed E-state index contributed by atoms with van der Waals surface area (Å²) in [5.74, 6) is -1.13. The number of benzene rings is 2. The van der Waals surface area contributed by atoms with Crippen LogP contribution in [0.3, 0.4) is 0 Å². The van der Waals surface area contributed by atoms with Crippen LogP contribution in [-0.4, -0.2) is 28.7 Å². The van der Waals surface area contributed by atoms with E-state index < -0.39 is 12.1 Å². The van der Waals surface area contributed by atoms with Crippen molar-refractivity contribution < 1.29 is 19.1 Å². The molecule has 0 spiro atoms. The average Bonchev–Trinajstić information content (AvgIpc) is 3.12. The lowest BCUT2D eigenvalue weighted by Crippen LogP contribution is -2.24. The highest BCUT2D eigenvalue weighted by Gasteiger charge is 2.21. The molecule has 0 aliphatic heterocycles. The zero-order chi connectivity index (χ0) is 20.3. The fourth-order valence-corrected chi connectivity index (χ4v) is 2.70. The molecule has 0 saturated carbocycles. The number of esters is 1. The fourth-order valence-electron chi connectivity index (χ4n) is 2.70. The first-order valence-corrected chi connectivity index (χ1v) is 9.09. The van der Waals surface area contributed by atoms with Crippen LogP contribution in [0.4, 0.5) is 5.69 Å². The first-order valence-electron chi connectivity index (χ1n) is 9.09. The number of para-hydroxylation sites is 1. The van der Waals surface area contributed by atoms with Crippen LogP contribution in [0.5, 0.6) is 0 Å². The summed E-state index contributed by atoms with van der Waals surface area (Å²) < 4.78 is 5.32. The van der Waals surface area contributed by atoms with E-state index in [-0.39, 0.29) is 17.6 Å². The van der Waals surface area contributed by atoms with E-state index in [1.807, 2.05) is 24.3 Å². The number of rotatable bonds is 6. The van der Waals surface area contributed by atoms with E-state index in [4.69, 9.17) is 4.74 Å². The van der Waals surface area contributed by atoms with Crippen molar-refractivity contribution >= 4 is 34.3 Å². The van der Waals surface area contributed by atoms with Crippen LogP contribution in [0.2, 0.25) is 0 Å². The van der Waals surface area contributed by atoms with Gasteiger partial charge in [-0.05, 0) is 43.3 Å². The van der Waals surface area contributed by atoms with Crippen LogP contribution in [0.1, 0.15) is 41.6 Å². The SMILES string of the molecule is CC(C)C(=O)Nc1ccc(C(=O)[C@H](C)OC(=O)c2cc3ccccc3[nH]2)cc1. The summed E-state index contributed by atoms with van der Waals surface area (Å²) in [5.41, 5.74) is 2.14. The molecule has 0 aliphatic rings. The van der Waals surface area contributed by atoms with Crippen molar-refractivity contribution in [2.24, 2.45) is 5.92 Å². The van der Waals surface area contributed by atoms with Crippen LogP contribution in [0, 0.1) is 5.92 Å². The molecule has 2 N–H and O–H groups in total. The second-order valence-electron chi connectivity index (χ2n) is 6.90. The molecule has 28 heavy (non-hydrogen) atoms. The van der Waals surface area contributed by atoms with Crippen molar-refractivity contribution in [1.82, 2.24) is 4.98 Å². The number of nitrogens with one attached hydrogen (secondary N) is 2. The van der Waals surface area contributed by atoms with E-state index in [1.165, 1.54) is 6.92 Å². The third kappa shape index (κ3) is 4.28. The Morgan fingerprint density at radius 1 is 0.964 bits per heavy atom. The van der Waals surface area contributed by atoms with Gasteiger partial charge in [-0.1, -0.05) is 32.0 Å². The van der Waals surface area contributed by atoms with Crippen LogP contribution < -0.4 is 5.32 Å². The quantitative estimate of drug-likeness (QED) is 0.497. The highest BCUT2D eigenvalue weighted by molar-refractivity contribution is 6.02. The van der Waals surface area contributed by atoms with Gasteiger partial charge in [0.25, 0.3) is 0 Å². The van der Waals surface area contributed by atoms with Crippen molar-refractivity contribution in [3.05, 3.63) is 65.9 Å².